The van der Waals surface area contributed by atoms with E-state index in [-0.39, 0.29) is 5.56 Å². The minimum atomic E-state index is -0.0636. The van der Waals surface area contributed by atoms with Crippen LogP contribution in [0.3, 0.4) is 0 Å². The Morgan fingerprint density at radius 1 is 0.833 bits per heavy atom. The van der Waals surface area contributed by atoms with Crippen LogP contribution in [0.15, 0.2) is 53.3 Å². The zero-order valence-corrected chi connectivity index (χ0v) is 9.53. The molecule has 0 amide bonds. The van der Waals surface area contributed by atoms with Crippen molar-refractivity contribution in [3.63, 3.8) is 0 Å². The topological polar surface area (TPSA) is 44.9 Å². The smallest absolute Gasteiger partial charge is 0.249 e. The fraction of sp³-hybridized carbons (Fsp3) is 0. The van der Waals surface area contributed by atoms with Crippen molar-refractivity contribution in [1.82, 2.24) is 4.98 Å². The minimum Gasteiger partial charge on any atom is -0.354 e. The molecule has 0 atom stereocenters. The van der Waals surface area contributed by atoms with Crippen LogP contribution in [0, 0.1) is 0 Å². The first kappa shape index (κ1) is 9.48. The molecule has 1 aliphatic heterocycles. The summed E-state index contributed by atoms with van der Waals surface area (Å²) in [6, 6.07) is 15.6. The number of fused-ring (bicyclic) bond motifs is 2. The van der Waals surface area contributed by atoms with Crippen LogP contribution in [0.1, 0.15) is 0 Å². The predicted octanol–water partition coefficient (Wildman–Crippen LogP) is 3.25. The van der Waals surface area contributed by atoms with Gasteiger partial charge in [0.2, 0.25) is 5.56 Å². The molecule has 2 heterocycles. The number of anilines is 2. The second-order valence-electron chi connectivity index (χ2n) is 4.45. The third-order valence-corrected chi connectivity index (χ3v) is 3.35. The van der Waals surface area contributed by atoms with Gasteiger partial charge < -0.3 is 10.3 Å². The fourth-order valence-electron chi connectivity index (χ4n) is 2.61. The number of hydrogen-bond acceptors (Lipinski definition) is 2. The van der Waals surface area contributed by atoms with E-state index >= 15 is 0 Å². The Bertz CT molecular complexity index is 833. The van der Waals surface area contributed by atoms with Crippen LogP contribution in [0.2, 0.25) is 0 Å². The van der Waals surface area contributed by atoms with Crippen LogP contribution in [0.4, 0.5) is 11.4 Å². The maximum absolute atomic E-state index is 11.7. The number of aromatic nitrogens is 1. The van der Waals surface area contributed by atoms with E-state index in [2.05, 4.69) is 10.3 Å². The molecule has 3 aromatic rings. The molecule has 18 heavy (non-hydrogen) atoms. The highest BCUT2D eigenvalue weighted by Gasteiger charge is 2.17. The zero-order valence-electron chi connectivity index (χ0n) is 9.53. The monoisotopic (exact) mass is 234 g/mol. The van der Waals surface area contributed by atoms with Crippen LogP contribution >= 0.6 is 0 Å². The summed E-state index contributed by atoms with van der Waals surface area (Å²) in [5.74, 6) is 0. The predicted molar refractivity (Wildman–Crippen MR) is 73.3 cm³/mol. The summed E-state index contributed by atoms with van der Waals surface area (Å²) < 4.78 is 0. The summed E-state index contributed by atoms with van der Waals surface area (Å²) >= 11 is 0. The normalized spacial score (nSPS) is 12.0. The van der Waals surface area contributed by atoms with E-state index in [4.69, 9.17) is 0 Å². The Morgan fingerprint density at radius 2 is 1.67 bits per heavy atom. The molecule has 0 fully saturated rings. The molecule has 4 rings (SSSR count). The number of hydrogen-bond donors (Lipinski definition) is 2. The van der Waals surface area contributed by atoms with Crippen molar-refractivity contribution in [2.75, 3.05) is 5.32 Å². The number of aromatic amines is 1. The van der Waals surface area contributed by atoms with Crippen molar-refractivity contribution in [3.8, 4) is 11.1 Å². The van der Waals surface area contributed by atoms with E-state index in [0.29, 0.717) is 0 Å². The minimum absolute atomic E-state index is 0.0636. The molecule has 0 aliphatic carbocycles. The third kappa shape index (κ3) is 1.16. The van der Waals surface area contributed by atoms with Crippen molar-refractivity contribution in [1.29, 1.82) is 0 Å². The Morgan fingerprint density at radius 3 is 2.61 bits per heavy atom. The first-order valence-electron chi connectivity index (χ1n) is 5.85. The average Bonchev–Trinajstić information content (AvgIpc) is 2.38. The lowest BCUT2D eigenvalue weighted by Gasteiger charge is -2.21. The molecular formula is C15H10N2O. The highest BCUT2D eigenvalue weighted by Crippen LogP contribution is 2.41. The zero-order chi connectivity index (χ0) is 12.1. The van der Waals surface area contributed by atoms with Gasteiger partial charge >= 0.3 is 0 Å². The molecule has 2 aromatic carbocycles. The Kier molecular flexibility index (Phi) is 1.70. The van der Waals surface area contributed by atoms with Crippen LogP contribution in [-0.4, -0.2) is 4.98 Å². The lowest BCUT2D eigenvalue weighted by atomic mass is 9.95. The Balaban J connectivity index is 2.26. The lowest BCUT2D eigenvalue weighted by Crippen LogP contribution is -2.09. The van der Waals surface area contributed by atoms with Crippen molar-refractivity contribution >= 4 is 22.3 Å². The van der Waals surface area contributed by atoms with E-state index in [1.165, 1.54) is 0 Å². The van der Waals surface area contributed by atoms with Gasteiger partial charge in [-0.15, -0.1) is 0 Å². The van der Waals surface area contributed by atoms with Gasteiger partial charge in [0.05, 0.1) is 5.52 Å². The molecule has 1 aromatic heterocycles. The number of H-pyrrole nitrogens is 1. The summed E-state index contributed by atoms with van der Waals surface area (Å²) in [6.07, 6.45) is 0. The van der Waals surface area contributed by atoms with Crippen molar-refractivity contribution in [2.24, 2.45) is 0 Å². The SMILES string of the molecule is O=c1cc2c3c(cccc3[nH]1)Nc1ccccc1-2. The van der Waals surface area contributed by atoms with Crippen LogP contribution in [0.5, 0.6) is 0 Å². The summed E-state index contributed by atoms with van der Waals surface area (Å²) in [6.45, 7) is 0. The highest BCUT2D eigenvalue weighted by molar-refractivity contribution is 6.09. The second kappa shape index (κ2) is 3.23. The first-order valence-corrected chi connectivity index (χ1v) is 5.85. The van der Waals surface area contributed by atoms with E-state index in [1.807, 2.05) is 42.5 Å². The quantitative estimate of drug-likeness (QED) is 0.490. The van der Waals surface area contributed by atoms with Crippen molar-refractivity contribution in [2.45, 2.75) is 0 Å². The van der Waals surface area contributed by atoms with Gasteiger partial charge in [0.15, 0.2) is 0 Å². The van der Waals surface area contributed by atoms with Crippen LogP contribution in [-0.2, 0) is 0 Å². The molecule has 0 unspecified atom stereocenters. The van der Waals surface area contributed by atoms with Gasteiger partial charge in [-0.2, -0.15) is 0 Å². The van der Waals surface area contributed by atoms with Gasteiger partial charge in [-0.1, -0.05) is 24.3 Å². The molecule has 0 bridgehead atoms. The maximum atomic E-state index is 11.7. The molecular weight excluding hydrogens is 224 g/mol. The summed E-state index contributed by atoms with van der Waals surface area (Å²) in [5.41, 5.74) is 4.97. The third-order valence-electron chi connectivity index (χ3n) is 3.35. The largest absolute Gasteiger partial charge is 0.354 e. The molecule has 0 saturated carbocycles. The summed E-state index contributed by atoms with van der Waals surface area (Å²) in [4.78, 5) is 14.6. The van der Waals surface area contributed by atoms with E-state index in [1.54, 1.807) is 6.07 Å². The first-order chi connectivity index (χ1) is 8.83. The van der Waals surface area contributed by atoms with Gasteiger partial charge in [0.25, 0.3) is 0 Å². The molecule has 1 aliphatic rings. The van der Waals surface area contributed by atoms with Gasteiger partial charge in [-0.3, -0.25) is 4.79 Å². The van der Waals surface area contributed by atoms with E-state index < -0.39 is 0 Å². The number of nitrogens with one attached hydrogen (secondary N) is 2. The molecule has 86 valence electrons. The molecule has 2 N–H and O–H groups in total. The fourth-order valence-corrected chi connectivity index (χ4v) is 2.61. The molecule has 0 radical (unpaired) electrons. The molecule has 0 spiro atoms. The highest BCUT2D eigenvalue weighted by atomic mass is 16.1. The number of para-hydroxylation sites is 1. The van der Waals surface area contributed by atoms with Crippen molar-refractivity contribution in [3.05, 3.63) is 58.9 Å². The number of rotatable bonds is 0. The van der Waals surface area contributed by atoms with Gasteiger partial charge in [0, 0.05) is 34.0 Å². The van der Waals surface area contributed by atoms with Gasteiger partial charge in [-0.05, 0) is 18.2 Å². The number of pyridine rings is 1. The van der Waals surface area contributed by atoms with Crippen LogP contribution in [0.25, 0.3) is 22.0 Å². The molecule has 3 nitrogen and oxygen atoms in total. The maximum Gasteiger partial charge on any atom is 0.249 e. The standard InChI is InChI=1S/C15H10N2O/c18-14-8-10-9-4-1-2-5-11(9)16-12-6-3-7-13(17-14)15(10)12/h1-8,16H,(H,17,18). The average molecular weight is 234 g/mol. The van der Waals surface area contributed by atoms with E-state index in [0.717, 1.165) is 33.4 Å². The number of benzene rings is 2. The summed E-state index contributed by atoms with van der Waals surface area (Å²) in [7, 11) is 0. The molecule has 0 saturated heterocycles. The van der Waals surface area contributed by atoms with Crippen molar-refractivity contribution < 1.29 is 0 Å². The Labute approximate surface area is 103 Å². The van der Waals surface area contributed by atoms with Crippen LogP contribution < -0.4 is 10.9 Å². The Hall–Kier alpha value is -2.55. The second-order valence-corrected chi connectivity index (χ2v) is 4.45. The summed E-state index contributed by atoms with van der Waals surface area (Å²) in [5, 5.41) is 4.48. The van der Waals surface area contributed by atoms with E-state index in [9.17, 15) is 4.79 Å². The lowest BCUT2D eigenvalue weighted by molar-refractivity contribution is 1.30. The van der Waals surface area contributed by atoms with Gasteiger partial charge in [0.1, 0.15) is 0 Å². The van der Waals surface area contributed by atoms with Gasteiger partial charge in [-0.25, -0.2) is 0 Å². The molecule has 3 heteroatoms.